The molecule has 0 bridgehead atoms. The Kier molecular flexibility index (Phi) is 5.42. The van der Waals surface area contributed by atoms with Gasteiger partial charge < -0.3 is 0 Å². The molecule has 0 aliphatic heterocycles. The summed E-state index contributed by atoms with van der Waals surface area (Å²) in [4.78, 5) is 7.07. The maximum absolute atomic E-state index is 5.86. The van der Waals surface area contributed by atoms with Crippen LogP contribution in [0.15, 0.2) is 24.3 Å². The van der Waals surface area contributed by atoms with Crippen LogP contribution in [0.3, 0.4) is 0 Å². The maximum atomic E-state index is 5.86. The molecule has 0 unspecified atom stereocenters. The first-order valence-corrected chi connectivity index (χ1v) is 7.81. The predicted octanol–water partition coefficient (Wildman–Crippen LogP) is 4.14. The quantitative estimate of drug-likeness (QED) is 0.710. The summed E-state index contributed by atoms with van der Waals surface area (Å²) in [7, 11) is 0. The first-order chi connectivity index (χ1) is 8.83. The van der Waals surface area contributed by atoms with Crippen LogP contribution in [0.4, 0.5) is 0 Å². The van der Waals surface area contributed by atoms with Gasteiger partial charge in [0.1, 0.15) is 5.01 Å². The van der Waals surface area contributed by atoms with Crippen LogP contribution in [0, 0.1) is 0 Å². The van der Waals surface area contributed by atoms with Crippen molar-refractivity contribution in [3.05, 3.63) is 29.3 Å². The summed E-state index contributed by atoms with van der Waals surface area (Å²) in [6.45, 7) is 5.19. The zero-order valence-electron chi connectivity index (χ0n) is 10.7. The number of para-hydroxylation sites is 1. The third-order valence-corrected chi connectivity index (χ3v) is 4.12. The Morgan fingerprint density at radius 2 is 2.11 bits per heavy atom. The lowest BCUT2D eigenvalue weighted by molar-refractivity contribution is 0.277. The molecule has 0 atom stereocenters. The molecule has 98 valence electrons. The van der Waals surface area contributed by atoms with E-state index in [0.29, 0.717) is 5.88 Å². The van der Waals surface area contributed by atoms with Crippen molar-refractivity contribution in [2.75, 3.05) is 19.0 Å². The largest absolute Gasteiger partial charge is 0.295 e. The number of benzene rings is 1. The fourth-order valence-corrected chi connectivity index (χ4v) is 3.20. The molecule has 0 aliphatic rings. The van der Waals surface area contributed by atoms with Gasteiger partial charge in [-0.1, -0.05) is 25.5 Å². The summed E-state index contributed by atoms with van der Waals surface area (Å²) in [5.74, 6) is 0.689. The molecule has 2 nitrogen and oxygen atoms in total. The molecule has 0 saturated carbocycles. The lowest BCUT2D eigenvalue weighted by Crippen LogP contribution is -2.26. The number of alkyl halides is 1. The smallest absolute Gasteiger partial charge is 0.108 e. The number of thiazole rings is 1. The van der Waals surface area contributed by atoms with Crippen molar-refractivity contribution in [3.8, 4) is 0 Å². The summed E-state index contributed by atoms with van der Waals surface area (Å²) in [5, 5.41) is 1.19. The minimum atomic E-state index is 0.689. The second kappa shape index (κ2) is 7.07. The summed E-state index contributed by atoms with van der Waals surface area (Å²) < 4.78 is 1.27. The van der Waals surface area contributed by atoms with Gasteiger partial charge in [0, 0.05) is 12.4 Å². The van der Waals surface area contributed by atoms with Crippen molar-refractivity contribution in [2.24, 2.45) is 0 Å². The molecule has 0 radical (unpaired) electrons. The zero-order valence-corrected chi connectivity index (χ0v) is 12.3. The van der Waals surface area contributed by atoms with E-state index in [4.69, 9.17) is 11.6 Å². The first kappa shape index (κ1) is 13.8. The van der Waals surface area contributed by atoms with Crippen LogP contribution in [-0.2, 0) is 6.54 Å². The molecule has 1 aromatic heterocycles. The molecular formula is C14H19ClN2S. The van der Waals surface area contributed by atoms with Crippen molar-refractivity contribution in [3.63, 3.8) is 0 Å². The molecule has 0 spiro atoms. The lowest BCUT2D eigenvalue weighted by atomic mass is 10.3. The van der Waals surface area contributed by atoms with E-state index in [-0.39, 0.29) is 0 Å². The normalized spacial score (nSPS) is 11.5. The standard InChI is InChI=1S/C14H19ClN2S/c1-2-3-9-17(10-8-15)11-14-16-12-6-4-5-7-13(12)18-14/h4-7H,2-3,8-11H2,1H3. The Bertz CT molecular complexity index is 450. The molecule has 0 fully saturated rings. The van der Waals surface area contributed by atoms with Crippen molar-refractivity contribution in [2.45, 2.75) is 26.3 Å². The number of hydrogen-bond donors (Lipinski definition) is 0. The summed E-state index contributed by atoms with van der Waals surface area (Å²) >= 11 is 7.65. The average molecular weight is 283 g/mol. The maximum Gasteiger partial charge on any atom is 0.108 e. The number of fused-ring (bicyclic) bond motifs is 1. The van der Waals surface area contributed by atoms with Crippen LogP contribution in [0.2, 0.25) is 0 Å². The minimum absolute atomic E-state index is 0.689. The Balaban J connectivity index is 2.05. The van der Waals surface area contributed by atoms with Gasteiger partial charge in [-0.05, 0) is 25.1 Å². The molecule has 0 N–H and O–H groups in total. The predicted molar refractivity (Wildman–Crippen MR) is 80.5 cm³/mol. The molecule has 0 saturated heterocycles. The van der Waals surface area contributed by atoms with Gasteiger partial charge in [0.05, 0.1) is 16.8 Å². The van der Waals surface area contributed by atoms with Gasteiger partial charge in [0.15, 0.2) is 0 Å². The van der Waals surface area contributed by atoms with Crippen LogP contribution >= 0.6 is 22.9 Å². The summed E-state index contributed by atoms with van der Waals surface area (Å²) in [6.07, 6.45) is 2.44. The van der Waals surface area contributed by atoms with E-state index in [1.54, 1.807) is 11.3 Å². The van der Waals surface area contributed by atoms with E-state index in [1.165, 1.54) is 22.5 Å². The highest BCUT2D eigenvalue weighted by Gasteiger charge is 2.09. The van der Waals surface area contributed by atoms with Crippen LogP contribution in [0.1, 0.15) is 24.8 Å². The Morgan fingerprint density at radius 3 is 2.83 bits per heavy atom. The van der Waals surface area contributed by atoms with Gasteiger partial charge in [-0.25, -0.2) is 4.98 Å². The van der Waals surface area contributed by atoms with Crippen molar-refractivity contribution < 1.29 is 0 Å². The van der Waals surface area contributed by atoms with Gasteiger partial charge >= 0.3 is 0 Å². The monoisotopic (exact) mass is 282 g/mol. The second-order valence-electron chi connectivity index (χ2n) is 4.39. The zero-order chi connectivity index (χ0) is 12.8. The van der Waals surface area contributed by atoms with Crippen LogP contribution in [-0.4, -0.2) is 28.9 Å². The van der Waals surface area contributed by atoms with Crippen molar-refractivity contribution >= 4 is 33.2 Å². The van der Waals surface area contributed by atoms with Gasteiger partial charge in [-0.15, -0.1) is 22.9 Å². The van der Waals surface area contributed by atoms with E-state index >= 15 is 0 Å². The number of nitrogens with zero attached hydrogens (tertiary/aromatic N) is 2. The SMILES string of the molecule is CCCCN(CCCl)Cc1nc2ccccc2s1. The molecule has 2 aromatic rings. The highest BCUT2D eigenvalue weighted by atomic mass is 35.5. The number of hydrogen-bond acceptors (Lipinski definition) is 3. The fraction of sp³-hybridized carbons (Fsp3) is 0.500. The van der Waals surface area contributed by atoms with Crippen LogP contribution in [0.25, 0.3) is 10.2 Å². The second-order valence-corrected chi connectivity index (χ2v) is 5.89. The molecule has 1 aromatic carbocycles. The van der Waals surface area contributed by atoms with Crippen LogP contribution < -0.4 is 0 Å². The molecule has 2 rings (SSSR count). The molecule has 0 aliphatic carbocycles. The van der Waals surface area contributed by atoms with E-state index in [9.17, 15) is 0 Å². The number of aromatic nitrogens is 1. The highest BCUT2D eigenvalue weighted by Crippen LogP contribution is 2.22. The van der Waals surface area contributed by atoms with E-state index in [1.807, 2.05) is 6.07 Å². The van der Waals surface area contributed by atoms with E-state index < -0.39 is 0 Å². The molecule has 0 amide bonds. The van der Waals surface area contributed by atoms with Gasteiger partial charge in [0.25, 0.3) is 0 Å². The van der Waals surface area contributed by atoms with E-state index in [0.717, 1.165) is 25.2 Å². The average Bonchev–Trinajstić information content (AvgIpc) is 2.78. The van der Waals surface area contributed by atoms with Crippen molar-refractivity contribution in [1.82, 2.24) is 9.88 Å². The first-order valence-electron chi connectivity index (χ1n) is 6.46. The van der Waals surface area contributed by atoms with Crippen molar-refractivity contribution in [1.29, 1.82) is 0 Å². The Morgan fingerprint density at radius 1 is 1.28 bits per heavy atom. The topological polar surface area (TPSA) is 16.1 Å². The van der Waals surface area contributed by atoms with Crippen LogP contribution in [0.5, 0.6) is 0 Å². The highest BCUT2D eigenvalue weighted by molar-refractivity contribution is 7.18. The fourth-order valence-electron chi connectivity index (χ4n) is 1.95. The lowest BCUT2D eigenvalue weighted by Gasteiger charge is -2.19. The third-order valence-electron chi connectivity index (χ3n) is 2.93. The summed E-state index contributed by atoms with van der Waals surface area (Å²) in [6, 6.07) is 8.32. The Hall–Kier alpha value is -0.640. The molecule has 18 heavy (non-hydrogen) atoms. The number of rotatable bonds is 7. The minimum Gasteiger partial charge on any atom is -0.295 e. The molecule has 4 heteroatoms. The third kappa shape index (κ3) is 3.67. The molecular weight excluding hydrogens is 264 g/mol. The van der Waals surface area contributed by atoms with E-state index in [2.05, 4.69) is 35.0 Å². The van der Waals surface area contributed by atoms with Gasteiger partial charge in [0.2, 0.25) is 0 Å². The Labute approximate surface area is 118 Å². The number of unbranched alkanes of at least 4 members (excludes halogenated alkanes) is 1. The number of halogens is 1. The van der Waals surface area contributed by atoms with Gasteiger partial charge in [-0.3, -0.25) is 4.90 Å². The summed E-state index contributed by atoms with van der Waals surface area (Å²) in [5.41, 5.74) is 1.11. The van der Waals surface area contributed by atoms with Gasteiger partial charge in [-0.2, -0.15) is 0 Å². The molecule has 1 heterocycles.